The number of carbonyl (C=O) groups is 2. The van der Waals surface area contributed by atoms with E-state index in [-0.39, 0.29) is 23.0 Å². The number of halogens is 1. The summed E-state index contributed by atoms with van der Waals surface area (Å²) in [5.41, 5.74) is 3.27. The Kier molecular flexibility index (Phi) is 5.36. The van der Waals surface area contributed by atoms with Gasteiger partial charge in [0, 0.05) is 16.9 Å². The molecule has 4 rings (SSSR count). The van der Waals surface area contributed by atoms with Crippen molar-refractivity contribution < 1.29 is 14.0 Å². The van der Waals surface area contributed by atoms with Crippen LogP contribution >= 0.6 is 11.8 Å². The van der Waals surface area contributed by atoms with Crippen molar-refractivity contribution in [3.05, 3.63) is 95.3 Å². The van der Waals surface area contributed by atoms with Gasteiger partial charge in [0.15, 0.2) is 0 Å². The molecule has 0 spiro atoms. The molecule has 29 heavy (non-hydrogen) atoms. The largest absolute Gasteiger partial charge is 0.322 e. The summed E-state index contributed by atoms with van der Waals surface area (Å²) < 4.78 is 14.0. The van der Waals surface area contributed by atoms with Gasteiger partial charge >= 0.3 is 0 Å². The highest BCUT2D eigenvalue weighted by Crippen LogP contribution is 2.42. The summed E-state index contributed by atoms with van der Waals surface area (Å²) in [7, 11) is 0. The zero-order valence-corrected chi connectivity index (χ0v) is 16.6. The van der Waals surface area contributed by atoms with E-state index in [2.05, 4.69) is 5.32 Å². The number of hydrogen-bond donors (Lipinski definition) is 1. The van der Waals surface area contributed by atoms with Gasteiger partial charge in [0.25, 0.3) is 5.91 Å². The molecule has 3 aromatic rings. The number of nitrogens with zero attached hydrogens (tertiary/aromatic N) is 1. The molecular weight excluding hydrogens is 387 g/mol. The fraction of sp³-hybridized carbons (Fsp3) is 0.130. The van der Waals surface area contributed by atoms with Crippen LogP contribution in [0.2, 0.25) is 0 Å². The second-order valence-corrected chi connectivity index (χ2v) is 7.87. The van der Waals surface area contributed by atoms with E-state index >= 15 is 0 Å². The summed E-state index contributed by atoms with van der Waals surface area (Å²) in [6, 6.07) is 21.2. The maximum absolute atomic E-state index is 14.0. The molecule has 0 aromatic heterocycles. The highest BCUT2D eigenvalue weighted by molar-refractivity contribution is 8.00. The average molecular weight is 406 g/mol. The monoisotopic (exact) mass is 406 g/mol. The minimum Gasteiger partial charge on any atom is -0.322 e. The van der Waals surface area contributed by atoms with Crippen LogP contribution < -0.4 is 10.2 Å². The summed E-state index contributed by atoms with van der Waals surface area (Å²) in [4.78, 5) is 26.4. The van der Waals surface area contributed by atoms with Crippen LogP contribution in [0.3, 0.4) is 0 Å². The molecule has 0 unspecified atom stereocenters. The molecule has 1 saturated heterocycles. The van der Waals surface area contributed by atoms with Crippen molar-refractivity contribution in [2.75, 3.05) is 16.0 Å². The van der Waals surface area contributed by atoms with Crippen LogP contribution in [0.15, 0.2) is 72.8 Å². The number of benzene rings is 3. The van der Waals surface area contributed by atoms with Gasteiger partial charge in [-0.1, -0.05) is 36.4 Å². The van der Waals surface area contributed by atoms with Crippen molar-refractivity contribution >= 4 is 35.0 Å². The topological polar surface area (TPSA) is 49.4 Å². The van der Waals surface area contributed by atoms with Gasteiger partial charge in [0.2, 0.25) is 5.91 Å². The third-order valence-electron chi connectivity index (χ3n) is 4.79. The lowest BCUT2D eigenvalue weighted by molar-refractivity contribution is -0.115. The Morgan fingerprint density at radius 3 is 2.48 bits per heavy atom. The normalized spacial score (nSPS) is 16.1. The van der Waals surface area contributed by atoms with Gasteiger partial charge in [-0.05, 0) is 54.4 Å². The maximum Gasteiger partial charge on any atom is 0.255 e. The van der Waals surface area contributed by atoms with Crippen LogP contribution in [0, 0.1) is 12.7 Å². The summed E-state index contributed by atoms with van der Waals surface area (Å²) in [5, 5.41) is 2.63. The number of aryl methyl sites for hydroxylation is 1. The summed E-state index contributed by atoms with van der Waals surface area (Å²) in [6.45, 7) is 1.69. The van der Waals surface area contributed by atoms with E-state index in [1.807, 2.05) is 42.5 Å². The molecule has 1 aliphatic heterocycles. The molecule has 3 aromatic carbocycles. The number of carbonyl (C=O) groups excluding carboxylic acids is 2. The first-order valence-corrected chi connectivity index (χ1v) is 10.2. The second-order valence-electron chi connectivity index (χ2n) is 6.80. The van der Waals surface area contributed by atoms with Crippen LogP contribution in [0.1, 0.15) is 26.9 Å². The Labute approximate surface area is 172 Å². The predicted octanol–water partition coefficient (Wildman–Crippen LogP) is 5.17. The Morgan fingerprint density at radius 1 is 1.07 bits per heavy atom. The quantitative estimate of drug-likeness (QED) is 0.651. The van der Waals surface area contributed by atoms with Gasteiger partial charge in [-0.25, -0.2) is 4.39 Å². The van der Waals surface area contributed by atoms with Crippen molar-refractivity contribution in [2.24, 2.45) is 0 Å². The van der Waals surface area contributed by atoms with Gasteiger partial charge in [-0.15, -0.1) is 11.8 Å². The highest BCUT2D eigenvalue weighted by atomic mass is 32.2. The van der Waals surface area contributed by atoms with Crippen molar-refractivity contribution in [2.45, 2.75) is 12.3 Å². The van der Waals surface area contributed by atoms with Crippen LogP contribution in [-0.4, -0.2) is 17.6 Å². The van der Waals surface area contributed by atoms with Gasteiger partial charge in [0.05, 0.1) is 5.75 Å². The number of nitrogens with one attached hydrogen (secondary N) is 1. The molecule has 146 valence electrons. The van der Waals surface area contributed by atoms with Gasteiger partial charge < -0.3 is 5.32 Å². The molecule has 1 atom stereocenters. The fourth-order valence-corrected chi connectivity index (χ4v) is 4.38. The van der Waals surface area contributed by atoms with Crippen molar-refractivity contribution in [1.29, 1.82) is 0 Å². The average Bonchev–Trinajstić information content (AvgIpc) is 3.12. The summed E-state index contributed by atoms with van der Waals surface area (Å²) in [5.74, 6) is -0.220. The third kappa shape index (κ3) is 4.03. The molecule has 0 bridgehead atoms. The minimum absolute atomic E-state index is 0.0512. The standard InChI is InChI=1S/C23H19FN2O2S/c1-15-7-12-19(13-20(15)24)26-21(27)14-29-23(26)17-8-10-18(11-9-17)25-22(28)16-5-3-2-4-6-16/h2-13,23H,14H2,1H3,(H,25,28)/t23-/m0/s1. The zero-order chi connectivity index (χ0) is 20.4. The Hall–Kier alpha value is -3.12. The van der Waals surface area contributed by atoms with Gasteiger partial charge in [-0.3, -0.25) is 14.5 Å². The lowest BCUT2D eigenvalue weighted by Crippen LogP contribution is -2.28. The van der Waals surface area contributed by atoms with E-state index in [9.17, 15) is 14.0 Å². The molecule has 1 heterocycles. The first-order chi connectivity index (χ1) is 14.0. The van der Waals surface area contributed by atoms with Crippen LogP contribution in [0.5, 0.6) is 0 Å². The fourth-order valence-electron chi connectivity index (χ4n) is 3.21. The predicted molar refractivity (Wildman–Crippen MR) is 115 cm³/mol. The number of amides is 2. The smallest absolute Gasteiger partial charge is 0.255 e. The second kappa shape index (κ2) is 8.09. The van der Waals surface area contributed by atoms with Gasteiger partial charge in [0.1, 0.15) is 11.2 Å². The third-order valence-corrected chi connectivity index (χ3v) is 6.00. The molecule has 1 aliphatic rings. The summed E-state index contributed by atoms with van der Waals surface area (Å²) >= 11 is 1.50. The molecule has 0 aliphatic carbocycles. The van der Waals surface area contributed by atoms with E-state index in [1.165, 1.54) is 17.8 Å². The minimum atomic E-state index is -0.329. The van der Waals surface area contributed by atoms with E-state index in [4.69, 9.17) is 0 Å². The molecule has 1 fully saturated rings. The first kappa shape index (κ1) is 19.2. The number of anilines is 2. The number of hydrogen-bond acceptors (Lipinski definition) is 3. The van der Waals surface area contributed by atoms with Crippen LogP contribution in [-0.2, 0) is 4.79 Å². The Balaban J connectivity index is 1.54. The summed E-state index contributed by atoms with van der Waals surface area (Å²) in [6.07, 6.45) is 0. The van der Waals surface area contributed by atoms with Gasteiger partial charge in [-0.2, -0.15) is 0 Å². The number of rotatable bonds is 4. The Morgan fingerprint density at radius 2 is 1.79 bits per heavy atom. The first-order valence-electron chi connectivity index (χ1n) is 9.19. The molecule has 2 amide bonds. The van der Waals surface area contributed by atoms with E-state index in [0.29, 0.717) is 28.3 Å². The lowest BCUT2D eigenvalue weighted by Gasteiger charge is -2.25. The highest BCUT2D eigenvalue weighted by Gasteiger charge is 2.34. The SMILES string of the molecule is Cc1ccc(N2C(=O)CS[C@H]2c2ccc(NC(=O)c3ccccc3)cc2)cc1F. The molecule has 4 nitrogen and oxygen atoms in total. The molecular formula is C23H19FN2O2S. The zero-order valence-electron chi connectivity index (χ0n) is 15.8. The lowest BCUT2D eigenvalue weighted by atomic mass is 10.1. The number of thioether (sulfide) groups is 1. The molecule has 0 radical (unpaired) electrons. The van der Waals surface area contributed by atoms with E-state index < -0.39 is 0 Å². The molecule has 0 saturated carbocycles. The van der Waals surface area contributed by atoms with Crippen LogP contribution in [0.4, 0.5) is 15.8 Å². The van der Waals surface area contributed by atoms with Crippen molar-refractivity contribution in [3.63, 3.8) is 0 Å². The van der Waals surface area contributed by atoms with Crippen molar-refractivity contribution in [1.82, 2.24) is 0 Å². The molecule has 6 heteroatoms. The van der Waals surface area contributed by atoms with E-state index in [0.717, 1.165) is 5.56 Å². The maximum atomic E-state index is 14.0. The van der Waals surface area contributed by atoms with E-state index in [1.54, 1.807) is 36.1 Å². The Bertz CT molecular complexity index is 1050. The van der Waals surface area contributed by atoms with Crippen molar-refractivity contribution in [3.8, 4) is 0 Å². The molecule has 1 N–H and O–H groups in total. The van der Waals surface area contributed by atoms with Crippen LogP contribution in [0.25, 0.3) is 0 Å².